The smallest absolute Gasteiger partial charge is 0.267 e. The second-order valence-electron chi connectivity index (χ2n) is 9.57. The van der Waals surface area contributed by atoms with Crippen LogP contribution in [-0.2, 0) is 11.8 Å². The minimum atomic E-state index is -0.177. The van der Waals surface area contributed by atoms with Crippen molar-refractivity contribution in [2.24, 2.45) is 7.05 Å². The fourth-order valence-corrected chi connectivity index (χ4v) is 4.12. The molecule has 0 aliphatic carbocycles. The Morgan fingerprint density at radius 3 is 2.62 bits per heavy atom. The minimum absolute atomic E-state index is 0.0870. The largest absolute Gasteiger partial charge is 0.467 e. The summed E-state index contributed by atoms with van der Waals surface area (Å²) in [6.45, 7) is 8.51. The summed E-state index contributed by atoms with van der Waals surface area (Å²) < 4.78 is 12.2. The lowest BCUT2D eigenvalue weighted by atomic mass is 10.0. The number of nitrogens with zero attached hydrogens (tertiary/aromatic N) is 5. The summed E-state index contributed by atoms with van der Waals surface area (Å²) in [5.74, 6) is 1.46. The van der Waals surface area contributed by atoms with Gasteiger partial charge in [0.2, 0.25) is 0 Å². The number of aromatic nitrogens is 4. The van der Waals surface area contributed by atoms with E-state index in [0.29, 0.717) is 23.0 Å². The number of methoxy groups -OCH3 is 1. The van der Waals surface area contributed by atoms with E-state index in [-0.39, 0.29) is 17.9 Å². The molecule has 0 unspecified atom stereocenters. The SMILES string of the molecule is COCOc1cc(-c2cnn(C)c(=O)c2)ccc1-c1ccc(N2CC[C@@H](NC(C)(C)C)C2)nn1. The Balaban J connectivity index is 1.57. The number of hydrogen-bond acceptors (Lipinski definition) is 8. The quantitative estimate of drug-likeness (QED) is 0.534. The normalized spacial score (nSPS) is 16.1. The lowest BCUT2D eigenvalue weighted by Gasteiger charge is -2.26. The third kappa shape index (κ3) is 5.60. The fraction of sp³-hybridized carbons (Fsp3) is 0.440. The Morgan fingerprint density at radius 2 is 1.94 bits per heavy atom. The van der Waals surface area contributed by atoms with E-state index in [1.807, 2.05) is 30.3 Å². The van der Waals surface area contributed by atoms with Gasteiger partial charge in [0, 0.05) is 56.0 Å². The molecule has 0 amide bonds. The maximum absolute atomic E-state index is 12.0. The van der Waals surface area contributed by atoms with Crippen LogP contribution in [0.3, 0.4) is 0 Å². The van der Waals surface area contributed by atoms with Crippen LogP contribution in [0.1, 0.15) is 27.2 Å². The third-order valence-electron chi connectivity index (χ3n) is 5.69. The predicted octanol–water partition coefficient (Wildman–Crippen LogP) is 2.85. The van der Waals surface area contributed by atoms with Gasteiger partial charge in [0.1, 0.15) is 5.75 Å². The van der Waals surface area contributed by atoms with Crippen LogP contribution in [0.25, 0.3) is 22.4 Å². The summed E-state index contributed by atoms with van der Waals surface area (Å²) >= 11 is 0. The van der Waals surface area contributed by atoms with Crippen molar-refractivity contribution in [3.8, 4) is 28.1 Å². The summed E-state index contributed by atoms with van der Waals surface area (Å²) in [7, 11) is 3.19. The molecule has 3 aromatic rings. The van der Waals surface area contributed by atoms with Crippen LogP contribution < -0.4 is 20.5 Å². The van der Waals surface area contributed by atoms with Crippen LogP contribution >= 0.6 is 0 Å². The Labute approximate surface area is 199 Å². The maximum atomic E-state index is 12.0. The average molecular weight is 465 g/mol. The van der Waals surface area contributed by atoms with Gasteiger partial charge in [-0.2, -0.15) is 5.10 Å². The Kier molecular flexibility index (Phi) is 6.95. The van der Waals surface area contributed by atoms with Crippen molar-refractivity contribution in [2.45, 2.75) is 38.8 Å². The van der Waals surface area contributed by atoms with Crippen LogP contribution in [0.4, 0.5) is 5.82 Å². The molecule has 1 saturated heterocycles. The molecule has 34 heavy (non-hydrogen) atoms. The van der Waals surface area contributed by atoms with E-state index < -0.39 is 0 Å². The maximum Gasteiger partial charge on any atom is 0.267 e. The second-order valence-corrected chi connectivity index (χ2v) is 9.57. The van der Waals surface area contributed by atoms with E-state index >= 15 is 0 Å². The highest BCUT2D eigenvalue weighted by molar-refractivity contribution is 5.74. The predicted molar refractivity (Wildman–Crippen MR) is 132 cm³/mol. The van der Waals surface area contributed by atoms with Gasteiger partial charge in [0.25, 0.3) is 5.56 Å². The van der Waals surface area contributed by atoms with Gasteiger partial charge in [-0.25, -0.2) is 4.68 Å². The Bertz CT molecular complexity index is 1190. The lowest BCUT2D eigenvalue weighted by Crippen LogP contribution is -2.45. The molecule has 0 radical (unpaired) electrons. The summed E-state index contributed by atoms with van der Waals surface area (Å²) in [5.41, 5.74) is 2.94. The molecule has 9 heteroatoms. The molecule has 9 nitrogen and oxygen atoms in total. The van der Waals surface area contributed by atoms with E-state index in [1.165, 1.54) is 4.68 Å². The van der Waals surface area contributed by atoms with Crippen LogP contribution in [0, 0.1) is 0 Å². The van der Waals surface area contributed by atoms with E-state index in [9.17, 15) is 4.79 Å². The van der Waals surface area contributed by atoms with Crippen molar-refractivity contribution in [3.63, 3.8) is 0 Å². The van der Waals surface area contributed by atoms with Crippen LogP contribution in [-0.4, -0.2) is 58.6 Å². The van der Waals surface area contributed by atoms with Crippen molar-refractivity contribution in [2.75, 3.05) is 31.9 Å². The molecule has 4 rings (SSSR count). The van der Waals surface area contributed by atoms with E-state index in [0.717, 1.165) is 36.5 Å². The lowest BCUT2D eigenvalue weighted by molar-refractivity contribution is 0.0515. The van der Waals surface area contributed by atoms with Crippen molar-refractivity contribution < 1.29 is 9.47 Å². The van der Waals surface area contributed by atoms with Gasteiger partial charge in [-0.05, 0) is 57.0 Å². The van der Waals surface area contributed by atoms with Gasteiger partial charge in [0.05, 0.1) is 11.9 Å². The third-order valence-corrected chi connectivity index (χ3v) is 5.69. The van der Waals surface area contributed by atoms with Gasteiger partial charge >= 0.3 is 0 Å². The summed E-state index contributed by atoms with van der Waals surface area (Å²) in [5, 5.41) is 16.8. The van der Waals surface area contributed by atoms with Crippen molar-refractivity contribution in [1.29, 1.82) is 0 Å². The fourth-order valence-electron chi connectivity index (χ4n) is 4.12. The molecule has 3 heterocycles. The van der Waals surface area contributed by atoms with Gasteiger partial charge < -0.3 is 19.7 Å². The highest BCUT2D eigenvalue weighted by Gasteiger charge is 2.26. The van der Waals surface area contributed by atoms with Gasteiger partial charge in [-0.3, -0.25) is 4.79 Å². The van der Waals surface area contributed by atoms with E-state index in [4.69, 9.17) is 9.47 Å². The van der Waals surface area contributed by atoms with Crippen molar-refractivity contribution in [3.05, 3.63) is 52.9 Å². The minimum Gasteiger partial charge on any atom is -0.467 e. The van der Waals surface area contributed by atoms with Gasteiger partial charge in [-0.15, -0.1) is 10.2 Å². The number of rotatable bonds is 7. The van der Waals surface area contributed by atoms with Crippen molar-refractivity contribution in [1.82, 2.24) is 25.3 Å². The number of nitrogens with one attached hydrogen (secondary N) is 1. The molecule has 1 N–H and O–H groups in total. The zero-order valence-electron chi connectivity index (χ0n) is 20.4. The molecule has 2 aromatic heterocycles. The topological polar surface area (TPSA) is 94.4 Å². The van der Waals surface area contributed by atoms with Crippen LogP contribution in [0.5, 0.6) is 5.75 Å². The number of hydrogen-bond donors (Lipinski definition) is 1. The van der Waals surface area contributed by atoms with E-state index in [1.54, 1.807) is 26.4 Å². The number of benzene rings is 1. The Hall–Kier alpha value is -3.30. The molecular formula is C25H32N6O3. The molecule has 0 bridgehead atoms. The molecule has 1 aliphatic heterocycles. The highest BCUT2D eigenvalue weighted by atomic mass is 16.7. The number of aryl methyl sites for hydroxylation is 1. The molecule has 0 spiro atoms. The van der Waals surface area contributed by atoms with Crippen LogP contribution in [0.2, 0.25) is 0 Å². The zero-order chi connectivity index (χ0) is 24.3. The van der Waals surface area contributed by atoms with Crippen molar-refractivity contribution >= 4 is 5.82 Å². The molecule has 0 saturated carbocycles. The monoisotopic (exact) mass is 464 g/mol. The second kappa shape index (κ2) is 9.90. The average Bonchev–Trinajstić information content (AvgIpc) is 3.26. The first-order valence-corrected chi connectivity index (χ1v) is 11.4. The summed E-state index contributed by atoms with van der Waals surface area (Å²) in [6.07, 6.45) is 2.73. The molecule has 180 valence electrons. The molecule has 1 aromatic carbocycles. The van der Waals surface area contributed by atoms with E-state index in [2.05, 4.69) is 46.3 Å². The molecular weight excluding hydrogens is 432 g/mol. The van der Waals surface area contributed by atoms with Gasteiger partial charge in [-0.1, -0.05) is 6.07 Å². The van der Waals surface area contributed by atoms with Crippen LogP contribution in [0.15, 0.2) is 47.4 Å². The first-order chi connectivity index (χ1) is 16.2. The summed E-state index contributed by atoms with van der Waals surface area (Å²) in [4.78, 5) is 14.3. The molecule has 1 atom stereocenters. The highest BCUT2D eigenvalue weighted by Crippen LogP contribution is 2.33. The number of ether oxygens (including phenoxy) is 2. The van der Waals surface area contributed by atoms with Gasteiger partial charge in [0.15, 0.2) is 12.6 Å². The first kappa shape index (κ1) is 23.8. The molecule has 1 aliphatic rings. The molecule has 1 fully saturated rings. The summed E-state index contributed by atoms with van der Waals surface area (Å²) in [6, 6.07) is 11.7. The number of anilines is 1. The Morgan fingerprint density at radius 1 is 1.12 bits per heavy atom. The zero-order valence-corrected chi connectivity index (χ0v) is 20.4. The first-order valence-electron chi connectivity index (χ1n) is 11.4. The standard InChI is InChI=1S/C25H32N6O3/c1-25(2,3)27-19-10-11-31(15-19)23-9-8-21(28-29-23)20-7-6-17(12-22(20)34-16-33-5)18-13-24(32)30(4)26-14-18/h6-9,12-14,19,27H,10-11,15-16H2,1-5H3/t19-/m1/s1.